The van der Waals surface area contributed by atoms with Gasteiger partial charge in [0.2, 0.25) is 0 Å². The molecule has 32 heavy (non-hydrogen) atoms. The topological polar surface area (TPSA) is 27.7 Å². The molecule has 5 heteroatoms. The Morgan fingerprint density at radius 1 is 1.09 bits per heavy atom. The summed E-state index contributed by atoms with van der Waals surface area (Å²) < 4.78 is 19.2. The molecule has 4 nitrogen and oxygen atoms in total. The lowest BCUT2D eigenvalue weighted by Gasteiger charge is -2.35. The van der Waals surface area contributed by atoms with Gasteiger partial charge in [-0.1, -0.05) is 44.7 Å². The van der Waals surface area contributed by atoms with Crippen molar-refractivity contribution in [3.8, 4) is 5.75 Å². The van der Waals surface area contributed by atoms with Gasteiger partial charge in [0.15, 0.2) is 0 Å². The molecular weight excluding hydrogens is 401 g/mol. The molecule has 2 aromatic rings. The van der Waals surface area contributed by atoms with Gasteiger partial charge in [-0.3, -0.25) is 0 Å². The second kappa shape index (κ2) is 11.9. The van der Waals surface area contributed by atoms with Crippen molar-refractivity contribution in [2.75, 3.05) is 26.7 Å². The number of halogens is 1. The maximum atomic E-state index is 13.4. The fourth-order valence-corrected chi connectivity index (χ4v) is 4.04. The molecule has 0 aliphatic carbocycles. The van der Waals surface area contributed by atoms with Gasteiger partial charge in [0, 0.05) is 19.1 Å². The van der Waals surface area contributed by atoms with E-state index in [1.807, 2.05) is 24.3 Å². The summed E-state index contributed by atoms with van der Waals surface area (Å²) in [5.41, 5.74) is 2.28. The molecule has 1 aliphatic heterocycles. The first kappa shape index (κ1) is 24.1. The molecule has 3 rings (SSSR count). The van der Waals surface area contributed by atoms with E-state index >= 15 is 0 Å². The standard InChI is InChI=1S/C27H38FN3O/c1-21(2)20-32-27-13-9-23(10-14-27)18-29-22(3)31(19-24-7-11-25(28)12-8-24)26-6-5-16-30(4)17-15-26/h7-14,21,26,29H,3,5-6,15-20H2,1-2,4H3/t26-/m1/s1. The lowest BCUT2D eigenvalue weighted by molar-refractivity contribution is 0.206. The minimum atomic E-state index is -0.200. The summed E-state index contributed by atoms with van der Waals surface area (Å²) in [5, 5.41) is 3.53. The average molecular weight is 440 g/mol. The van der Waals surface area contributed by atoms with Crippen LogP contribution in [0.1, 0.15) is 44.2 Å². The maximum Gasteiger partial charge on any atom is 0.123 e. The van der Waals surface area contributed by atoms with Crippen molar-refractivity contribution in [3.63, 3.8) is 0 Å². The third kappa shape index (κ3) is 7.56. The van der Waals surface area contributed by atoms with E-state index in [0.717, 1.165) is 56.2 Å². The molecule has 0 amide bonds. The normalized spacial score (nSPS) is 17.1. The van der Waals surface area contributed by atoms with E-state index in [-0.39, 0.29) is 5.82 Å². The van der Waals surface area contributed by atoms with Crippen molar-refractivity contribution in [2.45, 2.75) is 52.2 Å². The van der Waals surface area contributed by atoms with Crippen LogP contribution in [0.4, 0.5) is 4.39 Å². The van der Waals surface area contributed by atoms with Gasteiger partial charge in [-0.25, -0.2) is 4.39 Å². The zero-order valence-corrected chi connectivity index (χ0v) is 19.8. The predicted molar refractivity (Wildman–Crippen MR) is 130 cm³/mol. The number of hydrogen-bond acceptors (Lipinski definition) is 4. The Hall–Kier alpha value is -2.53. The van der Waals surface area contributed by atoms with E-state index < -0.39 is 0 Å². The Morgan fingerprint density at radius 3 is 2.47 bits per heavy atom. The first-order valence-corrected chi connectivity index (χ1v) is 11.7. The fourth-order valence-electron chi connectivity index (χ4n) is 4.04. The van der Waals surface area contributed by atoms with E-state index in [9.17, 15) is 4.39 Å². The highest BCUT2D eigenvalue weighted by Gasteiger charge is 2.23. The van der Waals surface area contributed by atoms with Crippen LogP contribution >= 0.6 is 0 Å². The Balaban J connectivity index is 1.64. The minimum Gasteiger partial charge on any atom is -0.493 e. The second-order valence-electron chi connectivity index (χ2n) is 9.29. The molecule has 0 spiro atoms. The van der Waals surface area contributed by atoms with Crippen molar-refractivity contribution in [1.29, 1.82) is 0 Å². The Kier molecular flexibility index (Phi) is 8.98. The van der Waals surface area contributed by atoms with Crippen LogP contribution in [0.3, 0.4) is 0 Å². The lowest BCUT2D eigenvalue weighted by Crippen LogP contribution is -2.39. The highest BCUT2D eigenvalue weighted by Crippen LogP contribution is 2.22. The van der Waals surface area contributed by atoms with Gasteiger partial charge in [0.1, 0.15) is 11.6 Å². The van der Waals surface area contributed by atoms with Crippen molar-refractivity contribution in [1.82, 2.24) is 15.1 Å². The number of rotatable bonds is 10. The summed E-state index contributed by atoms with van der Waals surface area (Å²) in [4.78, 5) is 4.77. The van der Waals surface area contributed by atoms with Crippen molar-refractivity contribution in [2.24, 2.45) is 5.92 Å². The molecule has 1 fully saturated rings. The van der Waals surface area contributed by atoms with Crippen LogP contribution < -0.4 is 10.1 Å². The number of ether oxygens (including phenoxy) is 1. The molecule has 0 unspecified atom stereocenters. The largest absolute Gasteiger partial charge is 0.493 e. The Morgan fingerprint density at radius 2 is 1.78 bits per heavy atom. The smallest absolute Gasteiger partial charge is 0.123 e. The van der Waals surface area contributed by atoms with Gasteiger partial charge >= 0.3 is 0 Å². The monoisotopic (exact) mass is 439 g/mol. The van der Waals surface area contributed by atoms with E-state index in [1.165, 1.54) is 24.1 Å². The van der Waals surface area contributed by atoms with Gasteiger partial charge in [-0.2, -0.15) is 0 Å². The molecule has 1 N–H and O–H groups in total. The quantitative estimate of drug-likeness (QED) is 0.536. The maximum absolute atomic E-state index is 13.4. The first-order chi connectivity index (χ1) is 15.4. The summed E-state index contributed by atoms with van der Waals surface area (Å²) >= 11 is 0. The first-order valence-electron chi connectivity index (χ1n) is 11.7. The zero-order chi connectivity index (χ0) is 22.9. The van der Waals surface area contributed by atoms with Crippen LogP contribution in [0, 0.1) is 11.7 Å². The van der Waals surface area contributed by atoms with Gasteiger partial charge in [0.05, 0.1) is 12.4 Å². The van der Waals surface area contributed by atoms with Crippen LogP contribution in [0.2, 0.25) is 0 Å². The molecule has 0 saturated carbocycles. The van der Waals surface area contributed by atoms with E-state index in [1.54, 1.807) is 0 Å². The molecule has 0 radical (unpaired) electrons. The Labute approximate surface area is 193 Å². The number of hydrogen-bond donors (Lipinski definition) is 1. The molecule has 1 aliphatic rings. The van der Waals surface area contributed by atoms with E-state index in [0.29, 0.717) is 18.5 Å². The summed E-state index contributed by atoms with van der Waals surface area (Å²) in [6, 6.07) is 15.5. The van der Waals surface area contributed by atoms with Crippen molar-refractivity contribution in [3.05, 3.63) is 77.9 Å². The second-order valence-corrected chi connectivity index (χ2v) is 9.29. The zero-order valence-electron chi connectivity index (χ0n) is 19.8. The molecule has 2 aromatic carbocycles. The number of likely N-dealkylation sites (tertiary alicyclic amines) is 1. The number of benzene rings is 2. The highest BCUT2D eigenvalue weighted by atomic mass is 19.1. The molecular formula is C27H38FN3O. The molecule has 0 bridgehead atoms. The van der Waals surface area contributed by atoms with Gasteiger partial charge in [-0.15, -0.1) is 0 Å². The highest BCUT2D eigenvalue weighted by molar-refractivity contribution is 5.27. The minimum absolute atomic E-state index is 0.200. The third-order valence-corrected chi connectivity index (χ3v) is 5.98. The van der Waals surface area contributed by atoms with Crippen LogP contribution in [0.5, 0.6) is 5.75 Å². The summed E-state index contributed by atoms with van der Waals surface area (Å²) in [5.74, 6) is 2.13. The molecule has 1 saturated heterocycles. The van der Waals surface area contributed by atoms with Crippen molar-refractivity contribution < 1.29 is 9.13 Å². The van der Waals surface area contributed by atoms with Gasteiger partial charge in [-0.05, 0) is 80.7 Å². The lowest BCUT2D eigenvalue weighted by atomic mass is 10.1. The van der Waals surface area contributed by atoms with E-state index in [2.05, 4.69) is 54.7 Å². The Bertz CT molecular complexity index is 835. The molecule has 174 valence electrons. The summed E-state index contributed by atoms with van der Waals surface area (Å²) in [6.45, 7) is 13.0. The van der Waals surface area contributed by atoms with Crippen LogP contribution in [-0.4, -0.2) is 42.6 Å². The fraction of sp³-hybridized carbons (Fsp3) is 0.481. The van der Waals surface area contributed by atoms with Gasteiger partial charge in [0.25, 0.3) is 0 Å². The SMILES string of the molecule is C=C(NCc1ccc(OCC(C)C)cc1)N(Cc1ccc(F)cc1)[C@@H]1CCCN(C)CC1. The summed E-state index contributed by atoms with van der Waals surface area (Å²) in [7, 11) is 2.19. The van der Waals surface area contributed by atoms with Crippen LogP contribution in [-0.2, 0) is 13.1 Å². The van der Waals surface area contributed by atoms with Crippen LogP contribution in [0.25, 0.3) is 0 Å². The number of nitrogens with zero attached hydrogens (tertiary/aromatic N) is 2. The average Bonchev–Trinajstić information content (AvgIpc) is 3.00. The molecule has 1 atom stereocenters. The third-order valence-electron chi connectivity index (χ3n) is 5.98. The molecule has 1 heterocycles. The van der Waals surface area contributed by atoms with Gasteiger partial charge < -0.3 is 19.9 Å². The predicted octanol–water partition coefficient (Wildman–Crippen LogP) is 5.41. The number of nitrogens with one attached hydrogen (secondary N) is 1. The molecule has 0 aromatic heterocycles. The van der Waals surface area contributed by atoms with Crippen LogP contribution in [0.15, 0.2) is 60.9 Å². The summed E-state index contributed by atoms with van der Waals surface area (Å²) in [6.07, 6.45) is 3.40. The van der Waals surface area contributed by atoms with Crippen molar-refractivity contribution >= 4 is 0 Å². The van der Waals surface area contributed by atoms with E-state index in [4.69, 9.17) is 4.74 Å².